The molecule has 14 nitrogen and oxygen atoms in total. The fraction of sp³-hybridized carbons (Fsp3) is 0.914. The first-order valence-electron chi connectivity index (χ1n) is 18.0. The number of hydrogen-bond acceptors (Lipinski definition) is 14. The summed E-state index contributed by atoms with van der Waals surface area (Å²) in [6.45, 7) is 5.46. The lowest BCUT2D eigenvalue weighted by Gasteiger charge is -2.65. The van der Waals surface area contributed by atoms with Gasteiger partial charge < -0.3 is 64.5 Å². The van der Waals surface area contributed by atoms with E-state index in [0.29, 0.717) is 44.1 Å². The van der Waals surface area contributed by atoms with E-state index >= 15 is 0 Å². The Morgan fingerprint density at radius 3 is 2.33 bits per heavy atom. The lowest BCUT2D eigenvalue weighted by Crippen LogP contribution is -2.67. The molecule has 8 N–H and O–H groups in total. The summed E-state index contributed by atoms with van der Waals surface area (Å²) in [5.74, 6) is -0.580. The Balaban J connectivity index is 1.02. The maximum absolute atomic E-state index is 12.5. The van der Waals surface area contributed by atoms with Gasteiger partial charge in [-0.25, -0.2) is 4.79 Å². The van der Waals surface area contributed by atoms with Gasteiger partial charge in [0.05, 0.1) is 30.5 Å². The topological polar surface area (TPSA) is 225 Å². The van der Waals surface area contributed by atoms with Gasteiger partial charge in [0.15, 0.2) is 12.6 Å². The molecule has 3 heterocycles. The summed E-state index contributed by atoms with van der Waals surface area (Å²) in [7, 11) is 0. The molecule has 0 bridgehead atoms. The minimum Gasteiger partial charge on any atom is -0.458 e. The second-order valence-corrected chi connectivity index (χ2v) is 16.4. The lowest BCUT2D eigenvalue weighted by molar-refractivity contribution is -0.357. The smallest absolute Gasteiger partial charge is 0.334 e. The number of carbonyl (C=O) groups is 1. The van der Waals surface area contributed by atoms with Crippen LogP contribution < -0.4 is 0 Å². The van der Waals surface area contributed by atoms with E-state index < -0.39 is 85.1 Å². The zero-order chi connectivity index (χ0) is 35.2. The van der Waals surface area contributed by atoms with Crippen molar-refractivity contribution in [3.63, 3.8) is 0 Å². The molecule has 4 aliphatic carbocycles. The van der Waals surface area contributed by atoms with Gasteiger partial charge in [-0.3, -0.25) is 0 Å². The average molecular weight is 699 g/mol. The third-order valence-electron chi connectivity index (χ3n) is 14.1. The fourth-order valence-corrected chi connectivity index (χ4v) is 11.5. The molecule has 0 aromatic carbocycles. The number of aliphatic hydroxyl groups is 8. The molecule has 0 spiro atoms. The van der Waals surface area contributed by atoms with Crippen molar-refractivity contribution >= 4 is 5.97 Å². The Labute approximate surface area is 285 Å². The molecule has 7 aliphatic rings. The first-order valence-corrected chi connectivity index (χ1v) is 18.0. The van der Waals surface area contributed by atoms with E-state index in [-0.39, 0.29) is 47.8 Å². The second-order valence-electron chi connectivity index (χ2n) is 16.4. The van der Waals surface area contributed by atoms with Crippen LogP contribution in [0.4, 0.5) is 0 Å². The van der Waals surface area contributed by atoms with Crippen LogP contribution in [0.5, 0.6) is 0 Å². The molecule has 0 amide bonds. The molecule has 0 unspecified atom stereocenters. The van der Waals surface area contributed by atoms with E-state index in [2.05, 4.69) is 6.92 Å². The molecule has 0 radical (unpaired) electrons. The molecular formula is C35H54O14. The van der Waals surface area contributed by atoms with Crippen LogP contribution in [-0.4, -0.2) is 139 Å². The van der Waals surface area contributed by atoms with Gasteiger partial charge in [0, 0.05) is 11.0 Å². The van der Waals surface area contributed by atoms with Crippen LogP contribution in [0.1, 0.15) is 72.1 Å². The summed E-state index contributed by atoms with van der Waals surface area (Å²) in [6, 6.07) is 0. The van der Waals surface area contributed by atoms with Crippen LogP contribution >= 0.6 is 0 Å². The van der Waals surface area contributed by atoms with Gasteiger partial charge in [0.25, 0.3) is 0 Å². The first-order chi connectivity index (χ1) is 23.1. The Kier molecular flexibility index (Phi) is 9.57. The van der Waals surface area contributed by atoms with Gasteiger partial charge in [0.1, 0.15) is 49.3 Å². The van der Waals surface area contributed by atoms with E-state index in [1.807, 2.05) is 13.0 Å². The third kappa shape index (κ3) is 5.56. The molecule has 14 heteroatoms. The monoisotopic (exact) mass is 698 g/mol. The van der Waals surface area contributed by atoms with Gasteiger partial charge >= 0.3 is 5.97 Å². The van der Waals surface area contributed by atoms with E-state index in [1.165, 1.54) is 6.92 Å². The number of carbonyl (C=O) groups excluding carboxylic acids is 1. The Morgan fingerprint density at radius 2 is 1.63 bits per heavy atom. The standard InChI is InChI=1S/C35H54O14/c1-15-28(24(38)26(40)31(43)46-15)49-32-27(41)25(39)29(22(14-36)48-32)47-17-6-9-33(2)16(12-17)4-5-20-23(33)21(37)13-34(3)19(7-10-35(20,34)44)18-8-11-45-30(18)42/h8,15-17,19-29,31-32,36-41,43-44H,4-7,9-14H2,1-3H3/t15-,16+,17+,19+,20+,21+,22-,23+,24-,25-,26-,27-,28+,29-,31+,32+,33+,34+,35+/m1/s1. The number of ether oxygens (including phenoxy) is 5. The fourth-order valence-electron chi connectivity index (χ4n) is 11.5. The van der Waals surface area contributed by atoms with Gasteiger partial charge in [-0.05, 0) is 93.5 Å². The van der Waals surface area contributed by atoms with Crippen LogP contribution in [0, 0.1) is 34.5 Å². The molecule has 19 atom stereocenters. The van der Waals surface area contributed by atoms with Crippen molar-refractivity contribution in [3.8, 4) is 0 Å². The average Bonchev–Trinajstić information content (AvgIpc) is 3.60. The molecule has 2 saturated heterocycles. The van der Waals surface area contributed by atoms with Crippen molar-refractivity contribution in [3.05, 3.63) is 11.6 Å². The number of esters is 1. The number of rotatable bonds is 6. The number of hydrogen-bond donors (Lipinski definition) is 8. The van der Waals surface area contributed by atoms with Crippen molar-refractivity contribution < 1.29 is 69.3 Å². The van der Waals surface area contributed by atoms with Crippen LogP contribution in [0.25, 0.3) is 0 Å². The highest BCUT2D eigenvalue weighted by molar-refractivity contribution is 5.91. The van der Waals surface area contributed by atoms with E-state index in [9.17, 15) is 45.6 Å². The number of aliphatic hydroxyl groups excluding tert-OH is 7. The van der Waals surface area contributed by atoms with Gasteiger partial charge in [0.2, 0.25) is 0 Å². The molecule has 278 valence electrons. The maximum Gasteiger partial charge on any atom is 0.334 e. The predicted octanol–water partition coefficient (Wildman–Crippen LogP) is -0.749. The molecule has 0 aromatic rings. The number of fused-ring (bicyclic) bond motifs is 5. The third-order valence-corrected chi connectivity index (χ3v) is 14.1. The molecule has 49 heavy (non-hydrogen) atoms. The largest absolute Gasteiger partial charge is 0.458 e. The predicted molar refractivity (Wildman–Crippen MR) is 167 cm³/mol. The van der Waals surface area contributed by atoms with Gasteiger partial charge in [-0.15, -0.1) is 0 Å². The molecule has 0 aromatic heterocycles. The summed E-state index contributed by atoms with van der Waals surface area (Å²) in [5, 5.41) is 87.1. The van der Waals surface area contributed by atoms with Crippen molar-refractivity contribution in [1.29, 1.82) is 0 Å². The zero-order valence-corrected chi connectivity index (χ0v) is 28.4. The normalized spacial score (nSPS) is 56.0. The van der Waals surface area contributed by atoms with Crippen LogP contribution in [0.2, 0.25) is 0 Å². The first kappa shape index (κ1) is 36.1. The lowest BCUT2D eigenvalue weighted by atomic mass is 9.42. The molecule has 7 rings (SSSR count). The van der Waals surface area contributed by atoms with Gasteiger partial charge in [-0.1, -0.05) is 13.8 Å². The second kappa shape index (κ2) is 13.0. The molecule has 3 aliphatic heterocycles. The van der Waals surface area contributed by atoms with Crippen molar-refractivity contribution in [1.82, 2.24) is 0 Å². The van der Waals surface area contributed by atoms with Crippen LogP contribution in [0.3, 0.4) is 0 Å². The molecule has 4 saturated carbocycles. The van der Waals surface area contributed by atoms with Crippen molar-refractivity contribution in [2.45, 2.75) is 151 Å². The van der Waals surface area contributed by atoms with Crippen LogP contribution in [0.15, 0.2) is 11.6 Å². The maximum atomic E-state index is 12.5. The van der Waals surface area contributed by atoms with Crippen LogP contribution in [-0.2, 0) is 28.5 Å². The highest BCUT2D eigenvalue weighted by Gasteiger charge is 2.70. The Hall–Kier alpha value is -1.27. The van der Waals surface area contributed by atoms with E-state index in [1.54, 1.807) is 0 Å². The minimum atomic E-state index is -1.66. The van der Waals surface area contributed by atoms with E-state index in [0.717, 1.165) is 12.8 Å². The Bertz CT molecular complexity index is 1280. The molecular weight excluding hydrogens is 644 g/mol. The van der Waals surface area contributed by atoms with Gasteiger partial charge in [-0.2, -0.15) is 0 Å². The quantitative estimate of drug-likeness (QED) is 0.160. The summed E-state index contributed by atoms with van der Waals surface area (Å²) in [4.78, 5) is 12.5. The number of cyclic esters (lactones) is 1. The summed E-state index contributed by atoms with van der Waals surface area (Å²) >= 11 is 0. The van der Waals surface area contributed by atoms with Crippen molar-refractivity contribution in [2.24, 2.45) is 34.5 Å². The van der Waals surface area contributed by atoms with E-state index in [4.69, 9.17) is 23.7 Å². The Morgan fingerprint density at radius 1 is 0.898 bits per heavy atom. The SMILES string of the molecule is C[C@H]1O[C@H](O)[C@H](O)[C@@H](O)[C@H]1O[C@@H]1O[C@H](CO)[C@@H](O[C@H]2CC[C@@]3(C)[C@@H](CC[C@H]4[C@H]3[C@@H](O)C[C@@]3(C)[C@H](C5=CCOC5=O)CC[C@]43O)C2)[C@H](O)[C@H]1O. The zero-order valence-electron chi connectivity index (χ0n) is 28.4. The summed E-state index contributed by atoms with van der Waals surface area (Å²) < 4.78 is 28.4. The van der Waals surface area contributed by atoms with Crippen molar-refractivity contribution in [2.75, 3.05) is 13.2 Å². The highest BCUT2D eigenvalue weighted by atomic mass is 16.7. The summed E-state index contributed by atoms with van der Waals surface area (Å²) in [5.41, 5.74) is -1.31. The summed E-state index contributed by atoms with van der Waals surface area (Å²) in [6.07, 6.45) is -7.73. The highest BCUT2D eigenvalue weighted by Crippen LogP contribution is 2.70. The molecule has 6 fully saturated rings. The minimum absolute atomic E-state index is 0.123.